The van der Waals surface area contributed by atoms with Gasteiger partial charge in [-0.15, -0.1) is 0 Å². The predicted molar refractivity (Wildman–Crippen MR) is 45.3 cm³/mol. The van der Waals surface area contributed by atoms with Crippen molar-refractivity contribution in [1.29, 1.82) is 10.5 Å². The lowest BCUT2D eigenvalue weighted by atomic mass is 10.0. The van der Waals surface area contributed by atoms with E-state index in [9.17, 15) is 0 Å². The summed E-state index contributed by atoms with van der Waals surface area (Å²) in [5.74, 6) is 0. The Bertz CT molecular complexity index is 437. The first-order chi connectivity index (χ1) is 6.54. The molecule has 12 heavy (non-hydrogen) atoms. The van der Waals surface area contributed by atoms with Crippen molar-refractivity contribution in [3.05, 3.63) is 34.3 Å². The van der Waals surface area contributed by atoms with Crippen LogP contribution in [-0.4, -0.2) is 0 Å². The van der Waals surface area contributed by atoms with Crippen LogP contribution >= 0.6 is 0 Å². The fourth-order valence-corrected chi connectivity index (χ4v) is 0.886. The van der Waals surface area contributed by atoms with Crippen molar-refractivity contribution < 1.29 is 2.74 Å². The van der Waals surface area contributed by atoms with E-state index in [0.29, 0.717) is 11.1 Å². The van der Waals surface area contributed by atoms with Gasteiger partial charge in [-0.2, -0.15) is 10.5 Å². The normalized spacial score (nSPS) is 11.0. The van der Waals surface area contributed by atoms with E-state index >= 15 is 0 Å². The number of benzene rings is 1. The number of hydrogen-bond acceptors (Lipinski definition) is 2. The molecule has 0 amide bonds. The number of nitrogens with zero attached hydrogens (tertiary/aromatic N) is 2. The monoisotopic (exact) mass is 158 g/mol. The van der Waals surface area contributed by atoms with Crippen LogP contribution in [0.3, 0.4) is 0 Å². The lowest BCUT2D eigenvalue weighted by molar-refractivity contribution is 1.29. The van der Waals surface area contributed by atoms with Gasteiger partial charge in [0.1, 0.15) is 0 Å². The maximum atomic E-state index is 8.79. The molecule has 0 aliphatic heterocycles. The number of nitriles is 2. The third kappa shape index (κ3) is 1.28. The summed E-state index contributed by atoms with van der Waals surface area (Å²) in [5, 5.41) is 17.5. The van der Waals surface area contributed by atoms with E-state index in [2.05, 4.69) is 0 Å². The van der Waals surface area contributed by atoms with E-state index < -0.39 is 0 Å². The van der Waals surface area contributed by atoms with Crippen LogP contribution < -0.4 is 0 Å². The zero-order valence-electron chi connectivity index (χ0n) is 8.89. The molecule has 0 saturated carbocycles. The van der Waals surface area contributed by atoms with Crippen LogP contribution in [0.5, 0.6) is 0 Å². The summed E-state index contributed by atoms with van der Waals surface area (Å²) in [6.45, 7) is 3.36. The Balaban J connectivity index is 3.78. The van der Waals surface area contributed by atoms with E-state index in [1.165, 1.54) is 0 Å². The standard InChI is InChI=1S/C10H8N2/c1-7-3-9(5-11)4-10(6-12)8(7)2/h3-4H,1-2H3/i3D,4D. The van der Waals surface area contributed by atoms with Crippen molar-refractivity contribution in [2.45, 2.75) is 13.8 Å². The lowest BCUT2D eigenvalue weighted by Gasteiger charge is -2.01. The molecule has 0 atom stereocenters. The summed E-state index contributed by atoms with van der Waals surface area (Å²) in [4.78, 5) is 0. The number of hydrogen-bond donors (Lipinski definition) is 0. The molecule has 0 heterocycles. The Labute approximate surface area is 74.5 Å². The summed E-state index contributed by atoms with van der Waals surface area (Å²) >= 11 is 0. The Morgan fingerprint density at radius 1 is 1.25 bits per heavy atom. The molecule has 0 spiro atoms. The Morgan fingerprint density at radius 3 is 2.42 bits per heavy atom. The highest BCUT2D eigenvalue weighted by molar-refractivity contribution is 5.48. The van der Waals surface area contributed by atoms with Gasteiger partial charge in [0.05, 0.1) is 26.0 Å². The van der Waals surface area contributed by atoms with Crippen molar-refractivity contribution in [2.24, 2.45) is 0 Å². The van der Waals surface area contributed by atoms with Crippen molar-refractivity contribution >= 4 is 0 Å². The summed E-state index contributed by atoms with van der Waals surface area (Å²) in [6, 6.07) is 3.58. The van der Waals surface area contributed by atoms with Crippen molar-refractivity contribution in [3.63, 3.8) is 0 Å². The summed E-state index contributed by atoms with van der Waals surface area (Å²) in [5.41, 5.74) is 1.37. The Hall–Kier alpha value is -1.80. The second-order valence-electron chi connectivity index (χ2n) is 2.47. The fourth-order valence-electron chi connectivity index (χ4n) is 0.886. The molecule has 58 valence electrons. The van der Waals surface area contributed by atoms with Crippen LogP contribution in [0.2, 0.25) is 0 Å². The highest BCUT2D eigenvalue weighted by Crippen LogP contribution is 2.14. The van der Waals surface area contributed by atoms with E-state index in [-0.39, 0.29) is 23.2 Å². The largest absolute Gasteiger partial charge is 0.192 e. The third-order valence-electron chi connectivity index (χ3n) is 1.72. The van der Waals surface area contributed by atoms with Gasteiger partial charge in [-0.25, -0.2) is 0 Å². The SMILES string of the molecule is [2H]c1c(C)c(C)c(C#N)c([2H])c1C#N. The number of rotatable bonds is 0. The maximum absolute atomic E-state index is 8.79. The van der Waals surface area contributed by atoms with Gasteiger partial charge in [-0.05, 0) is 37.1 Å². The second-order valence-corrected chi connectivity index (χ2v) is 2.47. The molecule has 0 aliphatic carbocycles. The van der Waals surface area contributed by atoms with Gasteiger partial charge >= 0.3 is 0 Å². The molecule has 2 nitrogen and oxygen atoms in total. The van der Waals surface area contributed by atoms with Crippen LogP contribution in [0.1, 0.15) is 25.0 Å². The average molecular weight is 158 g/mol. The topological polar surface area (TPSA) is 47.6 Å². The molecular formula is C10H8N2. The van der Waals surface area contributed by atoms with E-state index in [4.69, 9.17) is 13.3 Å². The first-order valence-corrected chi connectivity index (χ1v) is 3.45. The molecule has 0 saturated heterocycles. The van der Waals surface area contributed by atoms with Gasteiger partial charge in [0, 0.05) is 0 Å². The molecule has 0 fully saturated rings. The third-order valence-corrected chi connectivity index (χ3v) is 1.72. The first-order valence-electron chi connectivity index (χ1n) is 4.45. The zero-order valence-corrected chi connectivity index (χ0v) is 6.89. The predicted octanol–water partition coefficient (Wildman–Crippen LogP) is 2.05. The minimum absolute atomic E-state index is 0.0235. The van der Waals surface area contributed by atoms with Crippen molar-refractivity contribution in [2.75, 3.05) is 0 Å². The van der Waals surface area contributed by atoms with E-state index in [0.717, 1.165) is 0 Å². The zero-order chi connectivity index (χ0) is 10.9. The van der Waals surface area contributed by atoms with Crippen LogP contribution in [0.15, 0.2) is 12.1 Å². The minimum atomic E-state index is -0.136. The lowest BCUT2D eigenvalue weighted by Crippen LogP contribution is -1.89. The van der Waals surface area contributed by atoms with Gasteiger partial charge in [0.15, 0.2) is 0 Å². The summed E-state index contributed by atoms with van der Waals surface area (Å²) < 4.78 is 15.2. The molecule has 0 bridgehead atoms. The van der Waals surface area contributed by atoms with Gasteiger partial charge in [-0.1, -0.05) is 0 Å². The molecule has 1 rings (SSSR count). The molecule has 0 aliphatic rings. The highest BCUT2D eigenvalue weighted by Gasteiger charge is 2.02. The molecule has 1 aromatic carbocycles. The van der Waals surface area contributed by atoms with Crippen LogP contribution in [0, 0.1) is 36.5 Å². The smallest absolute Gasteiger partial charge is 0.0994 e. The van der Waals surface area contributed by atoms with Gasteiger partial charge in [0.2, 0.25) is 0 Å². The fraction of sp³-hybridized carbons (Fsp3) is 0.200. The Morgan fingerprint density at radius 2 is 1.92 bits per heavy atom. The Kier molecular flexibility index (Phi) is 1.48. The van der Waals surface area contributed by atoms with E-state index in [1.807, 2.05) is 6.07 Å². The van der Waals surface area contributed by atoms with Gasteiger partial charge in [-0.3, -0.25) is 0 Å². The summed E-state index contributed by atoms with van der Waals surface area (Å²) in [6.07, 6.45) is 0. The maximum Gasteiger partial charge on any atom is 0.0994 e. The highest BCUT2D eigenvalue weighted by atomic mass is 14.3. The van der Waals surface area contributed by atoms with E-state index in [1.54, 1.807) is 19.9 Å². The van der Waals surface area contributed by atoms with Gasteiger partial charge in [0.25, 0.3) is 0 Å². The van der Waals surface area contributed by atoms with Crippen molar-refractivity contribution in [3.8, 4) is 12.1 Å². The van der Waals surface area contributed by atoms with Crippen LogP contribution in [0.25, 0.3) is 0 Å². The average Bonchev–Trinajstić information content (AvgIpc) is 2.16. The minimum Gasteiger partial charge on any atom is -0.192 e. The van der Waals surface area contributed by atoms with Crippen LogP contribution in [0.4, 0.5) is 0 Å². The second kappa shape index (κ2) is 3.07. The molecule has 2 heteroatoms. The molecule has 0 unspecified atom stereocenters. The molecular weight excluding hydrogens is 148 g/mol. The molecule has 0 aromatic heterocycles. The van der Waals surface area contributed by atoms with Crippen molar-refractivity contribution in [1.82, 2.24) is 0 Å². The molecule has 0 radical (unpaired) electrons. The first kappa shape index (κ1) is 5.80. The molecule has 1 aromatic rings. The molecule has 0 N–H and O–H groups in total. The van der Waals surface area contributed by atoms with Crippen LogP contribution in [-0.2, 0) is 0 Å². The summed E-state index contributed by atoms with van der Waals surface area (Å²) in [7, 11) is 0. The van der Waals surface area contributed by atoms with Gasteiger partial charge < -0.3 is 0 Å². The quantitative estimate of drug-likeness (QED) is 0.580.